The maximum atomic E-state index is 12.6. The summed E-state index contributed by atoms with van der Waals surface area (Å²) < 4.78 is 0. The molecule has 1 aromatic rings. The Hall–Kier alpha value is -0.870. The number of fused-ring (bicyclic) bond motifs is 1. The maximum Gasteiger partial charge on any atom is 0.223 e. The Labute approximate surface area is 126 Å². The van der Waals surface area contributed by atoms with Crippen molar-refractivity contribution >= 4 is 17.2 Å². The number of carbonyl (C=O) groups is 1. The minimum Gasteiger partial charge on any atom is -0.336 e. The number of nitrogens with two attached hydrogens (primary N) is 1. The number of hydrogen-bond donors (Lipinski definition) is 1. The largest absolute Gasteiger partial charge is 0.336 e. The lowest BCUT2D eigenvalue weighted by molar-refractivity contribution is -0.134. The number of thiophene rings is 1. The summed E-state index contributed by atoms with van der Waals surface area (Å²) in [5.41, 5.74) is 7.16. The second-order valence-corrected chi connectivity index (χ2v) is 7.25. The van der Waals surface area contributed by atoms with E-state index in [1.807, 2.05) is 16.2 Å². The number of rotatable bonds is 5. The molecule has 3 nitrogen and oxygen atoms in total. The van der Waals surface area contributed by atoms with Gasteiger partial charge in [0.25, 0.3) is 0 Å². The molecule has 20 heavy (non-hydrogen) atoms. The van der Waals surface area contributed by atoms with Crippen LogP contribution in [0, 0.1) is 11.8 Å². The molecule has 112 valence electrons. The van der Waals surface area contributed by atoms with Crippen LogP contribution in [0.3, 0.4) is 0 Å². The van der Waals surface area contributed by atoms with Gasteiger partial charge in [0.05, 0.1) is 6.04 Å². The van der Waals surface area contributed by atoms with E-state index in [-0.39, 0.29) is 11.9 Å². The van der Waals surface area contributed by atoms with Crippen molar-refractivity contribution in [2.24, 2.45) is 17.6 Å². The van der Waals surface area contributed by atoms with Crippen molar-refractivity contribution in [1.29, 1.82) is 0 Å². The van der Waals surface area contributed by atoms with Crippen molar-refractivity contribution < 1.29 is 4.79 Å². The zero-order valence-corrected chi connectivity index (χ0v) is 13.6. The standard InChI is InChI=1S/C16H26N2OS/c1-11(2)8-13(10-17)9-16(19)18-6-4-15-14(12(18)3)5-7-20-15/h5,7,11-13H,4,6,8-10,17H2,1-3H3. The molecular weight excluding hydrogens is 268 g/mol. The molecule has 0 saturated carbocycles. The molecule has 1 aromatic heterocycles. The molecule has 2 rings (SSSR count). The Morgan fingerprint density at radius 1 is 1.55 bits per heavy atom. The maximum absolute atomic E-state index is 12.6. The molecule has 2 heterocycles. The second-order valence-electron chi connectivity index (χ2n) is 6.25. The summed E-state index contributed by atoms with van der Waals surface area (Å²) in [6, 6.07) is 2.38. The third kappa shape index (κ3) is 3.41. The monoisotopic (exact) mass is 294 g/mol. The van der Waals surface area contributed by atoms with Crippen molar-refractivity contribution in [3.8, 4) is 0 Å². The van der Waals surface area contributed by atoms with Crippen molar-refractivity contribution in [2.75, 3.05) is 13.1 Å². The van der Waals surface area contributed by atoms with Gasteiger partial charge >= 0.3 is 0 Å². The van der Waals surface area contributed by atoms with Gasteiger partial charge < -0.3 is 10.6 Å². The van der Waals surface area contributed by atoms with E-state index in [1.54, 1.807) is 0 Å². The fourth-order valence-electron chi connectivity index (χ4n) is 3.14. The Bertz CT molecular complexity index is 455. The predicted molar refractivity (Wildman–Crippen MR) is 84.8 cm³/mol. The minimum absolute atomic E-state index is 0.218. The van der Waals surface area contributed by atoms with Gasteiger partial charge in [-0.1, -0.05) is 13.8 Å². The lowest BCUT2D eigenvalue weighted by atomic mass is 9.92. The average molecular weight is 294 g/mol. The summed E-state index contributed by atoms with van der Waals surface area (Å²) >= 11 is 1.81. The van der Waals surface area contributed by atoms with E-state index in [4.69, 9.17) is 5.73 Å². The molecule has 2 N–H and O–H groups in total. The Balaban J connectivity index is 1.99. The van der Waals surface area contributed by atoms with E-state index in [1.165, 1.54) is 10.4 Å². The number of nitrogens with zero attached hydrogens (tertiary/aromatic N) is 1. The molecule has 2 atom stereocenters. The van der Waals surface area contributed by atoms with Gasteiger partial charge in [-0.15, -0.1) is 11.3 Å². The first-order valence-corrected chi connectivity index (χ1v) is 8.46. The highest BCUT2D eigenvalue weighted by Gasteiger charge is 2.29. The van der Waals surface area contributed by atoms with Crippen LogP contribution in [0.25, 0.3) is 0 Å². The topological polar surface area (TPSA) is 46.3 Å². The number of hydrogen-bond acceptors (Lipinski definition) is 3. The molecule has 4 heteroatoms. The third-order valence-electron chi connectivity index (χ3n) is 4.20. The summed E-state index contributed by atoms with van der Waals surface area (Å²) in [5.74, 6) is 1.18. The van der Waals surface area contributed by atoms with Crippen LogP contribution >= 0.6 is 11.3 Å². The molecule has 0 saturated heterocycles. The van der Waals surface area contributed by atoms with E-state index in [0.29, 0.717) is 24.8 Å². The first kappa shape index (κ1) is 15.5. The van der Waals surface area contributed by atoms with Gasteiger partial charge in [-0.2, -0.15) is 0 Å². The van der Waals surface area contributed by atoms with Crippen LogP contribution in [-0.4, -0.2) is 23.9 Å². The Morgan fingerprint density at radius 2 is 2.30 bits per heavy atom. The van der Waals surface area contributed by atoms with Gasteiger partial charge in [0.15, 0.2) is 0 Å². The van der Waals surface area contributed by atoms with Crippen molar-refractivity contribution in [3.63, 3.8) is 0 Å². The van der Waals surface area contributed by atoms with Gasteiger partial charge in [-0.25, -0.2) is 0 Å². The molecule has 1 aliphatic rings. The van der Waals surface area contributed by atoms with Gasteiger partial charge in [0.1, 0.15) is 0 Å². The van der Waals surface area contributed by atoms with Crippen LogP contribution in [-0.2, 0) is 11.2 Å². The summed E-state index contributed by atoms with van der Waals surface area (Å²) in [7, 11) is 0. The summed E-state index contributed by atoms with van der Waals surface area (Å²) in [4.78, 5) is 16.0. The summed E-state index contributed by atoms with van der Waals surface area (Å²) in [5, 5.41) is 2.14. The lowest BCUT2D eigenvalue weighted by Crippen LogP contribution is -2.39. The highest BCUT2D eigenvalue weighted by molar-refractivity contribution is 7.10. The van der Waals surface area contributed by atoms with E-state index in [2.05, 4.69) is 32.2 Å². The van der Waals surface area contributed by atoms with Crippen molar-refractivity contribution in [1.82, 2.24) is 4.90 Å². The zero-order chi connectivity index (χ0) is 14.7. The number of carbonyl (C=O) groups excluding carboxylic acids is 1. The van der Waals surface area contributed by atoms with E-state index < -0.39 is 0 Å². The molecule has 0 aliphatic carbocycles. The second kappa shape index (κ2) is 6.72. The third-order valence-corrected chi connectivity index (χ3v) is 5.20. The number of amides is 1. The zero-order valence-electron chi connectivity index (χ0n) is 12.8. The highest BCUT2D eigenvalue weighted by atomic mass is 32.1. The van der Waals surface area contributed by atoms with Crippen LogP contribution in [0.15, 0.2) is 11.4 Å². The Kier molecular flexibility index (Phi) is 5.22. The van der Waals surface area contributed by atoms with Gasteiger partial charge in [-0.3, -0.25) is 4.79 Å². The van der Waals surface area contributed by atoms with Crippen LogP contribution in [0.1, 0.15) is 50.1 Å². The molecule has 0 radical (unpaired) electrons. The molecule has 0 aromatic carbocycles. The average Bonchev–Trinajstić information content (AvgIpc) is 2.86. The highest BCUT2D eigenvalue weighted by Crippen LogP contribution is 2.33. The molecule has 0 fully saturated rings. The van der Waals surface area contributed by atoms with Crippen LogP contribution in [0.2, 0.25) is 0 Å². The molecule has 2 unspecified atom stereocenters. The summed E-state index contributed by atoms with van der Waals surface area (Å²) in [6.45, 7) is 7.98. The smallest absolute Gasteiger partial charge is 0.223 e. The van der Waals surface area contributed by atoms with Crippen LogP contribution < -0.4 is 5.73 Å². The fraction of sp³-hybridized carbons (Fsp3) is 0.688. The van der Waals surface area contributed by atoms with E-state index in [0.717, 1.165) is 19.4 Å². The molecule has 0 spiro atoms. The first-order valence-electron chi connectivity index (χ1n) is 7.58. The van der Waals surface area contributed by atoms with Gasteiger partial charge in [0.2, 0.25) is 5.91 Å². The van der Waals surface area contributed by atoms with Gasteiger partial charge in [0, 0.05) is 17.8 Å². The first-order chi connectivity index (χ1) is 9.52. The quantitative estimate of drug-likeness (QED) is 0.906. The molecular formula is C16H26N2OS. The Morgan fingerprint density at radius 3 is 2.95 bits per heavy atom. The van der Waals surface area contributed by atoms with Crippen LogP contribution in [0.4, 0.5) is 0 Å². The SMILES string of the molecule is CC(C)CC(CN)CC(=O)N1CCc2sccc2C1C. The molecule has 1 amide bonds. The minimum atomic E-state index is 0.218. The van der Waals surface area contributed by atoms with Crippen molar-refractivity contribution in [3.05, 3.63) is 21.9 Å². The fourth-order valence-corrected chi connectivity index (χ4v) is 4.11. The lowest BCUT2D eigenvalue weighted by Gasteiger charge is -2.34. The van der Waals surface area contributed by atoms with Crippen LogP contribution in [0.5, 0.6) is 0 Å². The van der Waals surface area contributed by atoms with Crippen molar-refractivity contribution in [2.45, 2.75) is 46.1 Å². The summed E-state index contributed by atoms with van der Waals surface area (Å²) in [6.07, 6.45) is 2.63. The normalized spacial score (nSPS) is 20.1. The molecule has 1 aliphatic heterocycles. The predicted octanol–water partition coefficient (Wildman–Crippen LogP) is 3.20. The molecule has 0 bridgehead atoms. The van der Waals surface area contributed by atoms with E-state index in [9.17, 15) is 4.79 Å². The van der Waals surface area contributed by atoms with Gasteiger partial charge in [-0.05, 0) is 55.2 Å². The van der Waals surface area contributed by atoms with E-state index >= 15 is 0 Å².